The number of phenols is 1. The van der Waals surface area contributed by atoms with Crippen molar-refractivity contribution in [3.8, 4) is 11.5 Å². The number of rotatable bonds is 11. The van der Waals surface area contributed by atoms with E-state index in [1.54, 1.807) is 17.4 Å². The average Bonchev–Trinajstić information content (AvgIpc) is 3.74. The Kier molecular flexibility index (Phi) is 9.17. The van der Waals surface area contributed by atoms with Crippen molar-refractivity contribution in [2.45, 2.75) is 51.7 Å². The molecule has 2 amide bonds. The summed E-state index contributed by atoms with van der Waals surface area (Å²) in [6.45, 7) is 3.29. The maximum atomic E-state index is 13.8. The van der Waals surface area contributed by atoms with Gasteiger partial charge in [-0.15, -0.1) is 11.3 Å². The van der Waals surface area contributed by atoms with Crippen LogP contribution in [0.4, 0.5) is 0 Å². The van der Waals surface area contributed by atoms with E-state index in [0.717, 1.165) is 57.5 Å². The number of amides is 2. The summed E-state index contributed by atoms with van der Waals surface area (Å²) in [5, 5.41) is 12.4. The largest absolute Gasteiger partial charge is 0.507 e. The van der Waals surface area contributed by atoms with Crippen molar-refractivity contribution in [3.63, 3.8) is 0 Å². The number of hydrogen-bond donors (Lipinski definition) is 1. The molecule has 43 heavy (non-hydrogen) atoms. The van der Waals surface area contributed by atoms with Gasteiger partial charge in [-0.1, -0.05) is 65.2 Å². The van der Waals surface area contributed by atoms with Crippen LogP contribution < -0.4 is 4.74 Å². The van der Waals surface area contributed by atoms with Gasteiger partial charge in [-0.2, -0.15) is 0 Å². The fourth-order valence-electron chi connectivity index (χ4n) is 6.84. The van der Waals surface area contributed by atoms with E-state index in [-0.39, 0.29) is 35.5 Å². The van der Waals surface area contributed by atoms with Crippen LogP contribution in [0.15, 0.2) is 87.2 Å². The van der Waals surface area contributed by atoms with Crippen LogP contribution in [0.5, 0.6) is 11.5 Å². The van der Waals surface area contributed by atoms with Crippen LogP contribution in [-0.2, 0) is 20.9 Å². The van der Waals surface area contributed by atoms with E-state index in [0.29, 0.717) is 26.2 Å². The number of ether oxygens (including phenoxy) is 2. The Morgan fingerprint density at radius 3 is 2.70 bits per heavy atom. The quantitative estimate of drug-likeness (QED) is 0.168. The second-order valence-electron chi connectivity index (χ2n) is 11.6. The topological polar surface area (TPSA) is 76.1 Å². The fraction of sp³-hybridized carbons (Fsp3) is 0.371. The molecule has 4 atom stereocenters. The van der Waals surface area contributed by atoms with Gasteiger partial charge in [0.25, 0.3) is 0 Å². The van der Waals surface area contributed by atoms with Gasteiger partial charge in [0.1, 0.15) is 18.1 Å². The number of aromatic hydroxyl groups is 1. The predicted molar refractivity (Wildman–Crippen MR) is 172 cm³/mol. The number of likely N-dealkylation sites (tertiary alicyclic amines) is 1. The van der Waals surface area contributed by atoms with Crippen molar-refractivity contribution < 1.29 is 24.2 Å². The van der Waals surface area contributed by atoms with Gasteiger partial charge in [0.05, 0.1) is 31.1 Å². The van der Waals surface area contributed by atoms with Crippen molar-refractivity contribution in [1.29, 1.82) is 0 Å². The average molecular weight is 663 g/mol. The lowest BCUT2D eigenvalue weighted by Crippen LogP contribution is -2.35. The minimum Gasteiger partial charge on any atom is -0.507 e. The van der Waals surface area contributed by atoms with Gasteiger partial charge in [-0.05, 0) is 78.6 Å². The lowest BCUT2D eigenvalue weighted by atomic mass is 9.69. The normalized spacial score (nSPS) is 23.6. The molecule has 0 spiro atoms. The van der Waals surface area contributed by atoms with Gasteiger partial charge in [-0.3, -0.25) is 14.5 Å². The third kappa shape index (κ3) is 6.37. The number of thiophene rings is 1. The molecule has 3 aliphatic rings. The van der Waals surface area contributed by atoms with Crippen molar-refractivity contribution in [2.75, 3.05) is 13.2 Å². The van der Waals surface area contributed by atoms with Crippen LogP contribution in [-0.4, -0.2) is 41.1 Å². The van der Waals surface area contributed by atoms with Crippen LogP contribution in [0.3, 0.4) is 0 Å². The summed E-state index contributed by atoms with van der Waals surface area (Å²) in [7, 11) is 0. The molecular formula is C35H36BrNO5S. The predicted octanol–water partition coefficient (Wildman–Crippen LogP) is 7.78. The molecule has 3 aromatic rings. The Bertz CT molecular complexity index is 1530. The Hall–Kier alpha value is -3.20. The molecule has 0 unspecified atom stereocenters. The van der Waals surface area contributed by atoms with E-state index in [1.165, 1.54) is 10.5 Å². The minimum absolute atomic E-state index is 0.0742. The first-order chi connectivity index (χ1) is 20.9. The number of carbonyl (C=O) groups is 2. The number of hydrogen-bond acceptors (Lipinski definition) is 6. The molecule has 2 saturated heterocycles. The maximum absolute atomic E-state index is 13.8. The molecule has 0 bridgehead atoms. The molecule has 8 heteroatoms. The van der Waals surface area contributed by atoms with Gasteiger partial charge < -0.3 is 14.6 Å². The van der Waals surface area contributed by atoms with Crippen molar-refractivity contribution >= 4 is 45.2 Å². The minimum atomic E-state index is -0.391. The van der Waals surface area contributed by atoms with E-state index in [1.807, 2.05) is 60.0 Å². The number of carbonyl (C=O) groups excluding carboxylic acids is 2. The Morgan fingerprint density at radius 1 is 1.09 bits per heavy atom. The van der Waals surface area contributed by atoms with E-state index < -0.39 is 5.92 Å². The zero-order valence-electron chi connectivity index (χ0n) is 24.2. The van der Waals surface area contributed by atoms with Crippen LogP contribution in [0.1, 0.15) is 49.5 Å². The SMILES string of the molecule is CCC/C(=C\c1cc(Br)ccc1O)CC[C@H]1OC[C@H]2C1=C(COc1ccccc1)C[C@H]1C(=O)N(Cc3cccs3)C(=O)[C@H]12. The number of imide groups is 1. The van der Waals surface area contributed by atoms with Crippen LogP contribution in [0.25, 0.3) is 6.08 Å². The maximum Gasteiger partial charge on any atom is 0.234 e. The third-order valence-corrected chi connectivity index (χ3v) is 10.2. The molecule has 6 nitrogen and oxygen atoms in total. The molecule has 1 N–H and O–H groups in total. The third-order valence-electron chi connectivity index (χ3n) is 8.80. The van der Waals surface area contributed by atoms with E-state index in [2.05, 4.69) is 28.9 Å². The smallest absolute Gasteiger partial charge is 0.234 e. The molecular weight excluding hydrogens is 626 g/mol. The standard InChI is InChI=1S/C35H36BrNO5S/c1-2-7-22(16-23-17-25(36)12-13-30(23)38)11-14-31-32-24(20-41-26-8-4-3-5-9-26)18-28-33(29(32)21-42-31)35(40)37(34(28)39)19-27-10-6-15-43-27/h3-6,8-10,12-13,15-17,28-29,31,33,38H,2,7,11,14,18-21H2,1H3/b22-16+/t28-,29+,31-,33-/m1/s1. The first-order valence-electron chi connectivity index (χ1n) is 15.0. The zero-order chi connectivity index (χ0) is 29.9. The zero-order valence-corrected chi connectivity index (χ0v) is 26.6. The van der Waals surface area contributed by atoms with Gasteiger partial charge in [-0.25, -0.2) is 0 Å². The molecule has 3 heterocycles. The number of nitrogens with zero attached hydrogens (tertiary/aromatic N) is 1. The van der Waals surface area contributed by atoms with Gasteiger partial charge >= 0.3 is 0 Å². The molecule has 0 radical (unpaired) electrons. The van der Waals surface area contributed by atoms with Crippen LogP contribution in [0.2, 0.25) is 0 Å². The van der Waals surface area contributed by atoms with Gasteiger partial charge in [0, 0.05) is 20.8 Å². The highest BCUT2D eigenvalue weighted by molar-refractivity contribution is 9.10. The summed E-state index contributed by atoms with van der Waals surface area (Å²) >= 11 is 5.08. The van der Waals surface area contributed by atoms with Crippen LogP contribution in [0, 0.1) is 17.8 Å². The monoisotopic (exact) mass is 661 g/mol. The highest BCUT2D eigenvalue weighted by Gasteiger charge is 2.57. The Balaban J connectivity index is 1.27. The van der Waals surface area contributed by atoms with E-state index in [4.69, 9.17) is 9.47 Å². The number of para-hydroxylation sites is 1. The Labute approximate surface area is 265 Å². The second-order valence-corrected chi connectivity index (χ2v) is 13.5. The van der Waals surface area contributed by atoms with E-state index in [9.17, 15) is 14.7 Å². The molecule has 1 aliphatic carbocycles. The summed E-state index contributed by atoms with van der Waals surface area (Å²) in [6, 6.07) is 19.1. The molecule has 0 saturated carbocycles. The molecule has 2 fully saturated rings. The number of allylic oxidation sites excluding steroid dienone is 1. The molecule has 1 aromatic heterocycles. The van der Waals surface area contributed by atoms with E-state index >= 15 is 0 Å². The van der Waals surface area contributed by atoms with Gasteiger partial charge in [0.15, 0.2) is 0 Å². The molecule has 2 aliphatic heterocycles. The first kappa shape index (κ1) is 29.9. The lowest BCUT2D eigenvalue weighted by molar-refractivity contribution is -0.140. The Morgan fingerprint density at radius 2 is 1.93 bits per heavy atom. The van der Waals surface area contributed by atoms with Crippen molar-refractivity contribution in [1.82, 2.24) is 4.90 Å². The highest BCUT2D eigenvalue weighted by Crippen LogP contribution is 2.50. The summed E-state index contributed by atoms with van der Waals surface area (Å²) < 4.78 is 13.6. The highest BCUT2D eigenvalue weighted by atomic mass is 79.9. The lowest BCUT2D eigenvalue weighted by Gasteiger charge is -2.32. The summed E-state index contributed by atoms with van der Waals surface area (Å²) in [5.74, 6) is -0.0208. The molecule has 2 aromatic carbocycles. The summed E-state index contributed by atoms with van der Waals surface area (Å²) in [5.41, 5.74) is 4.27. The number of phenolic OH excluding ortho intramolecular Hbond substituents is 1. The second kappa shape index (κ2) is 13.2. The van der Waals surface area contributed by atoms with Crippen molar-refractivity contribution in [2.24, 2.45) is 17.8 Å². The van der Waals surface area contributed by atoms with Crippen molar-refractivity contribution in [3.05, 3.63) is 97.7 Å². The summed E-state index contributed by atoms with van der Waals surface area (Å²) in [6.07, 6.45) is 5.93. The fourth-order valence-corrected chi connectivity index (χ4v) is 7.91. The number of benzene rings is 2. The van der Waals surface area contributed by atoms with Crippen LogP contribution >= 0.6 is 27.3 Å². The number of halogens is 1. The molecule has 224 valence electrons. The first-order valence-corrected chi connectivity index (χ1v) is 16.7. The number of fused-ring (bicyclic) bond motifs is 3. The summed E-state index contributed by atoms with van der Waals surface area (Å²) in [4.78, 5) is 29.9. The molecule has 6 rings (SSSR count). The van der Waals surface area contributed by atoms with Gasteiger partial charge in [0.2, 0.25) is 11.8 Å².